The molecule has 16 heavy (non-hydrogen) atoms. The van der Waals surface area contributed by atoms with E-state index in [1.165, 1.54) is 0 Å². The van der Waals surface area contributed by atoms with Gasteiger partial charge in [-0.15, -0.1) is 0 Å². The first-order chi connectivity index (χ1) is 7.47. The van der Waals surface area contributed by atoms with Gasteiger partial charge in [0.05, 0.1) is 6.61 Å². The van der Waals surface area contributed by atoms with E-state index in [0.717, 1.165) is 0 Å². The van der Waals surface area contributed by atoms with Crippen molar-refractivity contribution in [3.05, 3.63) is 0 Å². The van der Waals surface area contributed by atoms with Crippen LogP contribution in [0, 0.1) is 5.92 Å². The minimum absolute atomic E-state index is 0.0185. The summed E-state index contributed by atoms with van der Waals surface area (Å²) in [5, 5.41) is 2.65. The van der Waals surface area contributed by atoms with Gasteiger partial charge in [0.1, 0.15) is 12.1 Å². The lowest BCUT2D eigenvalue weighted by molar-refractivity contribution is -0.148. The van der Waals surface area contributed by atoms with Crippen LogP contribution in [0.5, 0.6) is 0 Å². The monoisotopic (exact) mass is 228 g/mol. The number of methoxy groups -OCH3 is 1. The lowest BCUT2D eigenvalue weighted by Gasteiger charge is -2.37. The van der Waals surface area contributed by atoms with Gasteiger partial charge in [-0.2, -0.15) is 0 Å². The molecule has 5 nitrogen and oxygen atoms in total. The Balaban J connectivity index is 2.67. The van der Waals surface area contributed by atoms with Crippen molar-refractivity contribution in [2.45, 2.75) is 32.9 Å². The Labute approximate surface area is 96.1 Å². The molecule has 0 aromatic rings. The second-order valence-corrected chi connectivity index (χ2v) is 4.46. The highest BCUT2D eigenvalue weighted by atomic mass is 16.5. The fourth-order valence-electron chi connectivity index (χ4n) is 1.90. The van der Waals surface area contributed by atoms with Crippen LogP contribution in [0.25, 0.3) is 0 Å². The minimum atomic E-state index is -0.418. The average Bonchev–Trinajstić information content (AvgIpc) is 2.22. The van der Waals surface area contributed by atoms with Crippen LogP contribution in [0.2, 0.25) is 0 Å². The zero-order valence-electron chi connectivity index (χ0n) is 10.3. The molecule has 1 N–H and O–H groups in total. The predicted octanol–water partition coefficient (Wildman–Crippen LogP) is 0.00430. The van der Waals surface area contributed by atoms with Crippen molar-refractivity contribution in [3.63, 3.8) is 0 Å². The third kappa shape index (κ3) is 2.72. The number of carbonyl (C=O) groups excluding carboxylic acids is 2. The molecule has 0 aromatic carbocycles. The van der Waals surface area contributed by atoms with E-state index in [1.807, 2.05) is 6.92 Å². The molecule has 0 bridgehead atoms. The Morgan fingerprint density at radius 2 is 2.06 bits per heavy atom. The van der Waals surface area contributed by atoms with Crippen molar-refractivity contribution in [2.75, 3.05) is 20.3 Å². The normalized spacial score (nSPS) is 27.9. The Bertz CT molecular complexity index is 280. The molecule has 1 rings (SSSR count). The minimum Gasteiger partial charge on any atom is -0.384 e. The first-order valence-electron chi connectivity index (χ1n) is 5.57. The zero-order valence-corrected chi connectivity index (χ0v) is 10.3. The Kier molecular flexibility index (Phi) is 4.29. The highest BCUT2D eigenvalue weighted by molar-refractivity contribution is 5.96. The van der Waals surface area contributed by atoms with Crippen LogP contribution in [0.15, 0.2) is 0 Å². The second kappa shape index (κ2) is 5.30. The van der Waals surface area contributed by atoms with Gasteiger partial charge in [0, 0.05) is 13.7 Å². The van der Waals surface area contributed by atoms with Crippen molar-refractivity contribution in [2.24, 2.45) is 5.92 Å². The van der Waals surface area contributed by atoms with E-state index in [-0.39, 0.29) is 23.8 Å². The van der Waals surface area contributed by atoms with Gasteiger partial charge in [-0.1, -0.05) is 6.92 Å². The smallest absolute Gasteiger partial charge is 0.245 e. The number of rotatable bonds is 4. The first kappa shape index (κ1) is 13.0. The maximum atomic E-state index is 11.9. The topological polar surface area (TPSA) is 58.6 Å². The van der Waals surface area contributed by atoms with Crippen LogP contribution in [0.3, 0.4) is 0 Å². The van der Waals surface area contributed by atoms with Crippen LogP contribution in [0.1, 0.15) is 20.8 Å². The molecule has 1 aliphatic rings. The Morgan fingerprint density at radius 1 is 1.44 bits per heavy atom. The summed E-state index contributed by atoms with van der Waals surface area (Å²) < 4.78 is 5.03. The first-order valence-corrected chi connectivity index (χ1v) is 5.57. The van der Waals surface area contributed by atoms with Gasteiger partial charge in [-0.25, -0.2) is 0 Å². The summed E-state index contributed by atoms with van der Waals surface area (Å²) in [5.74, 6) is 0.126. The molecule has 2 amide bonds. The maximum Gasteiger partial charge on any atom is 0.245 e. The van der Waals surface area contributed by atoms with Gasteiger partial charge in [-0.3, -0.25) is 9.59 Å². The quantitative estimate of drug-likeness (QED) is 0.737. The van der Waals surface area contributed by atoms with Crippen LogP contribution >= 0.6 is 0 Å². The highest BCUT2D eigenvalue weighted by Crippen LogP contribution is 2.12. The SMILES string of the molecule is COCC(C)CN1C(=O)C(C)NC(=O)C1C. The van der Waals surface area contributed by atoms with E-state index in [9.17, 15) is 9.59 Å². The molecule has 1 saturated heterocycles. The molecule has 3 unspecified atom stereocenters. The Morgan fingerprint density at radius 3 is 2.62 bits per heavy atom. The van der Waals surface area contributed by atoms with E-state index in [4.69, 9.17) is 4.74 Å². The van der Waals surface area contributed by atoms with Gasteiger partial charge in [-0.05, 0) is 19.8 Å². The van der Waals surface area contributed by atoms with Crippen molar-refractivity contribution < 1.29 is 14.3 Å². The van der Waals surface area contributed by atoms with E-state index in [2.05, 4.69) is 5.32 Å². The van der Waals surface area contributed by atoms with Crippen LogP contribution in [-0.4, -0.2) is 49.1 Å². The molecule has 0 spiro atoms. The predicted molar refractivity (Wildman–Crippen MR) is 59.8 cm³/mol. The third-order valence-corrected chi connectivity index (χ3v) is 2.82. The molecule has 0 aliphatic carbocycles. The number of nitrogens with one attached hydrogen (secondary N) is 1. The number of nitrogens with zero attached hydrogens (tertiary/aromatic N) is 1. The number of carbonyl (C=O) groups is 2. The van der Waals surface area contributed by atoms with Gasteiger partial charge in [0.2, 0.25) is 11.8 Å². The molecule has 0 radical (unpaired) electrons. The summed E-state index contributed by atoms with van der Waals surface area (Å²) in [6, 6.07) is -0.804. The van der Waals surface area contributed by atoms with Crippen molar-refractivity contribution >= 4 is 11.8 Å². The fraction of sp³-hybridized carbons (Fsp3) is 0.818. The van der Waals surface area contributed by atoms with Crippen molar-refractivity contribution in [1.82, 2.24) is 10.2 Å². The zero-order chi connectivity index (χ0) is 12.3. The van der Waals surface area contributed by atoms with Gasteiger partial charge in [0.15, 0.2) is 0 Å². The molecule has 0 saturated carbocycles. The molecule has 5 heteroatoms. The summed E-state index contributed by atoms with van der Waals surface area (Å²) in [7, 11) is 1.63. The third-order valence-electron chi connectivity index (χ3n) is 2.82. The molecule has 0 aromatic heterocycles. The molecule has 1 aliphatic heterocycles. The molecular formula is C11H20N2O3. The van der Waals surface area contributed by atoms with Crippen LogP contribution in [0.4, 0.5) is 0 Å². The summed E-state index contributed by atoms with van der Waals surface area (Å²) in [6.07, 6.45) is 0. The summed E-state index contributed by atoms with van der Waals surface area (Å²) >= 11 is 0. The molecule has 3 atom stereocenters. The number of ether oxygens (including phenoxy) is 1. The van der Waals surface area contributed by atoms with Gasteiger partial charge >= 0.3 is 0 Å². The summed E-state index contributed by atoms with van der Waals surface area (Å²) in [6.45, 7) is 6.61. The molecule has 1 heterocycles. The largest absolute Gasteiger partial charge is 0.384 e. The molecular weight excluding hydrogens is 208 g/mol. The maximum absolute atomic E-state index is 11.9. The Hall–Kier alpha value is -1.10. The molecule has 92 valence electrons. The van der Waals surface area contributed by atoms with E-state index in [0.29, 0.717) is 13.2 Å². The van der Waals surface area contributed by atoms with Gasteiger partial charge < -0.3 is 15.0 Å². The standard InChI is InChI=1S/C11H20N2O3/c1-7(6-16-4)5-13-9(3)10(14)12-8(2)11(13)15/h7-9H,5-6H2,1-4H3,(H,12,14). The average molecular weight is 228 g/mol. The summed E-state index contributed by atoms with van der Waals surface area (Å²) in [5.41, 5.74) is 0. The van der Waals surface area contributed by atoms with E-state index < -0.39 is 6.04 Å². The highest BCUT2D eigenvalue weighted by Gasteiger charge is 2.36. The number of amides is 2. The van der Waals surface area contributed by atoms with Crippen molar-refractivity contribution in [1.29, 1.82) is 0 Å². The van der Waals surface area contributed by atoms with Gasteiger partial charge in [0.25, 0.3) is 0 Å². The van der Waals surface area contributed by atoms with E-state index >= 15 is 0 Å². The number of hydrogen-bond donors (Lipinski definition) is 1. The number of hydrogen-bond acceptors (Lipinski definition) is 3. The van der Waals surface area contributed by atoms with Crippen LogP contribution in [-0.2, 0) is 14.3 Å². The molecule has 1 fully saturated rings. The van der Waals surface area contributed by atoms with Crippen LogP contribution < -0.4 is 5.32 Å². The fourth-order valence-corrected chi connectivity index (χ4v) is 1.90. The second-order valence-electron chi connectivity index (χ2n) is 4.46. The van der Waals surface area contributed by atoms with E-state index in [1.54, 1.807) is 25.9 Å². The van der Waals surface area contributed by atoms with Crippen molar-refractivity contribution in [3.8, 4) is 0 Å². The lowest BCUT2D eigenvalue weighted by Crippen LogP contribution is -2.62. The number of piperazine rings is 1. The lowest BCUT2D eigenvalue weighted by atomic mass is 10.1. The summed E-state index contributed by atoms with van der Waals surface area (Å²) in [4.78, 5) is 25.1.